The standard InChI is InChI=1S/C13H25N/c1-9(2)8-10(3)14-13(11-4-5-11)12-6-7-12/h9-14H,4-8H2,1-3H3. The van der Waals surface area contributed by atoms with Crippen molar-refractivity contribution in [2.24, 2.45) is 17.8 Å². The van der Waals surface area contributed by atoms with Crippen LogP contribution >= 0.6 is 0 Å². The smallest absolute Gasteiger partial charge is 0.0126 e. The summed E-state index contributed by atoms with van der Waals surface area (Å²) in [6.07, 6.45) is 7.28. The highest BCUT2D eigenvalue weighted by atomic mass is 15.0. The molecule has 0 heterocycles. The Morgan fingerprint density at radius 3 is 1.86 bits per heavy atom. The molecule has 0 aliphatic heterocycles. The van der Waals surface area contributed by atoms with E-state index in [9.17, 15) is 0 Å². The van der Waals surface area contributed by atoms with E-state index >= 15 is 0 Å². The summed E-state index contributed by atoms with van der Waals surface area (Å²) in [4.78, 5) is 0. The van der Waals surface area contributed by atoms with Gasteiger partial charge in [0, 0.05) is 12.1 Å². The van der Waals surface area contributed by atoms with Gasteiger partial charge in [-0.3, -0.25) is 0 Å². The number of nitrogens with one attached hydrogen (secondary N) is 1. The van der Waals surface area contributed by atoms with Crippen LogP contribution in [0.3, 0.4) is 0 Å². The van der Waals surface area contributed by atoms with E-state index in [-0.39, 0.29) is 0 Å². The normalized spacial score (nSPS) is 24.6. The Morgan fingerprint density at radius 2 is 1.50 bits per heavy atom. The average Bonchev–Trinajstić information content (AvgIpc) is 2.94. The van der Waals surface area contributed by atoms with Crippen molar-refractivity contribution in [1.82, 2.24) is 5.32 Å². The maximum absolute atomic E-state index is 3.87. The zero-order valence-corrected chi connectivity index (χ0v) is 9.92. The SMILES string of the molecule is CC(C)CC(C)NC(C1CC1)C1CC1. The Balaban J connectivity index is 1.75. The molecule has 0 aromatic rings. The molecule has 2 aliphatic carbocycles. The molecule has 1 nitrogen and oxygen atoms in total. The van der Waals surface area contributed by atoms with Gasteiger partial charge in [-0.2, -0.15) is 0 Å². The maximum atomic E-state index is 3.87. The maximum Gasteiger partial charge on any atom is 0.0126 e. The van der Waals surface area contributed by atoms with E-state index < -0.39 is 0 Å². The lowest BCUT2D eigenvalue weighted by molar-refractivity contribution is 0.340. The third-order valence-corrected chi connectivity index (χ3v) is 3.56. The lowest BCUT2D eigenvalue weighted by atomic mass is 10.0. The summed E-state index contributed by atoms with van der Waals surface area (Å²) in [5.41, 5.74) is 0. The molecule has 2 fully saturated rings. The van der Waals surface area contributed by atoms with Crippen molar-refractivity contribution in [3.05, 3.63) is 0 Å². The van der Waals surface area contributed by atoms with Crippen molar-refractivity contribution < 1.29 is 0 Å². The van der Waals surface area contributed by atoms with E-state index in [0.29, 0.717) is 0 Å². The number of rotatable bonds is 6. The van der Waals surface area contributed by atoms with Crippen LogP contribution in [0.15, 0.2) is 0 Å². The second kappa shape index (κ2) is 4.22. The molecule has 82 valence electrons. The van der Waals surface area contributed by atoms with Gasteiger partial charge in [-0.25, -0.2) is 0 Å². The third-order valence-electron chi connectivity index (χ3n) is 3.56. The fraction of sp³-hybridized carbons (Fsp3) is 1.00. The topological polar surface area (TPSA) is 12.0 Å². The van der Waals surface area contributed by atoms with Crippen molar-refractivity contribution in [2.45, 2.75) is 65.0 Å². The summed E-state index contributed by atoms with van der Waals surface area (Å²) in [6, 6.07) is 1.60. The van der Waals surface area contributed by atoms with Crippen LogP contribution in [0.25, 0.3) is 0 Å². The monoisotopic (exact) mass is 195 g/mol. The minimum atomic E-state index is 0.723. The molecule has 0 aromatic carbocycles. The van der Waals surface area contributed by atoms with Crippen molar-refractivity contribution in [2.75, 3.05) is 0 Å². The van der Waals surface area contributed by atoms with Gasteiger partial charge in [-0.1, -0.05) is 13.8 Å². The third kappa shape index (κ3) is 2.98. The summed E-state index contributed by atoms with van der Waals surface area (Å²) in [5.74, 6) is 2.91. The van der Waals surface area contributed by atoms with Crippen LogP contribution in [-0.2, 0) is 0 Å². The molecule has 0 saturated heterocycles. The highest BCUT2D eigenvalue weighted by molar-refractivity contribution is 4.97. The highest BCUT2D eigenvalue weighted by Crippen LogP contribution is 2.44. The van der Waals surface area contributed by atoms with E-state index in [2.05, 4.69) is 26.1 Å². The molecule has 0 bridgehead atoms. The zero-order valence-electron chi connectivity index (χ0n) is 9.92. The van der Waals surface area contributed by atoms with Crippen molar-refractivity contribution in [3.8, 4) is 0 Å². The fourth-order valence-electron chi connectivity index (χ4n) is 2.67. The summed E-state index contributed by atoms with van der Waals surface area (Å²) < 4.78 is 0. The molecular weight excluding hydrogens is 170 g/mol. The Labute approximate surface area is 88.7 Å². The van der Waals surface area contributed by atoms with Crippen LogP contribution in [-0.4, -0.2) is 12.1 Å². The van der Waals surface area contributed by atoms with E-state index in [1.807, 2.05) is 0 Å². The van der Waals surface area contributed by atoms with Gasteiger partial charge in [0.25, 0.3) is 0 Å². The van der Waals surface area contributed by atoms with E-state index in [0.717, 1.165) is 29.8 Å². The van der Waals surface area contributed by atoms with Gasteiger partial charge >= 0.3 is 0 Å². The van der Waals surface area contributed by atoms with Crippen LogP contribution in [0.4, 0.5) is 0 Å². The molecular formula is C13H25N. The molecule has 1 atom stereocenters. The van der Waals surface area contributed by atoms with Crippen LogP contribution in [0.5, 0.6) is 0 Å². The molecule has 0 aromatic heterocycles. The Bertz CT molecular complexity index is 168. The Morgan fingerprint density at radius 1 is 1.00 bits per heavy atom. The van der Waals surface area contributed by atoms with Crippen molar-refractivity contribution in [1.29, 1.82) is 0 Å². The molecule has 1 unspecified atom stereocenters. The first-order chi connectivity index (χ1) is 6.66. The lowest BCUT2D eigenvalue weighted by Crippen LogP contribution is -2.40. The second-order valence-corrected chi connectivity index (χ2v) is 5.90. The Kier molecular flexibility index (Phi) is 3.16. The molecule has 14 heavy (non-hydrogen) atoms. The van der Waals surface area contributed by atoms with Crippen LogP contribution in [0.2, 0.25) is 0 Å². The molecule has 2 saturated carbocycles. The van der Waals surface area contributed by atoms with E-state index in [1.165, 1.54) is 32.1 Å². The van der Waals surface area contributed by atoms with Gasteiger partial charge in [-0.05, 0) is 56.8 Å². The summed E-state index contributed by atoms with van der Waals surface area (Å²) >= 11 is 0. The summed E-state index contributed by atoms with van der Waals surface area (Å²) in [5, 5.41) is 3.87. The van der Waals surface area contributed by atoms with Gasteiger partial charge in [-0.15, -0.1) is 0 Å². The Hall–Kier alpha value is -0.0400. The van der Waals surface area contributed by atoms with Gasteiger partial charge in [0.15, 0.2) is 0 Å². The van der Waals surface area contributed by atoms with E-state index in [1.54, 1.807) is 0 Å². The van der Waals surface area contributed by atoms with Gasteiger partial charge in [0.1, 0.15) is 0 Å². The molecule has 0 radical (unpaired) electrons. The second-order valence-electron chi connectivity index (χ2n) is 5.90. The predicted octanol–water partition coefficient (Wildman–Crippen LogP) is 3.20. The summed E-state index contributed by atoms with van der Waals surface area (Å²) in [6.45, 7) is 7.00. The largest absolute Gasteiger partial charge is 0.311 e. The fourth-order valence-corrected chi connectivity index (χ4v) is 2.67. The summed E-state index contributed by atoms with van der Waals surface area (Å²) in [7, 11) is 0. The van der Waals surface area contributed by atoms with Crippen molar-refractivity contribution >= 4 is 0 Å². The van der Waals surface area contributed by atoms with Crippen LogP contribution < -0.4 is 5.32 Å². The lowest BCUT2D eigenvalue weighted by Gasteiger charge is -2.24. The van der Waals surface area contributed by atoms with Crippen LogP contribution in [0.1, 0.15) is 52.9 Å². The predicted molar refractivity (Wildman–Crippen MR) is 61.3 cm³/mol. The highest BCUT2D eigenvalue weighted by Gasteiger charge is 2.41. The average molecular weight is 195 g/mol. The first kappa shape index (κ1) is 10.5. The van der Waals surface area contributed by atoms with Crippen molar-refractivity contribution in [3.63, 3.8) is 0 Å². The van der Waals surface area contributed by atoms with Gasteiger partial charge in [0.05, 0.1) is 0 Å². The molecule has 2 rings (SSSR count). The number of hydrogen-bond donors (Lipinski definition) is 1. The van der Waals surface area contributed by atoms with Crippen LogP contribution in [0, 0.1) is 17.8 Å². The zero-order chi connectivity index (χ0) is 10.1. The molecule has 1 heteroatoms. The number of hydrogen-bond acceptors (Lipinski definition) is 1. The first-order valence-corrected chi connectivity index (χ1v) is 6.43. The van der Waals surface area contributed by atoms with E-state index in [4.69, 9.17) is 0 Å². The molecule has 0 spiro atoms. The van der Waals surface area contributed by atoms with Gasteiger partial charge in [0.2, 0.25) is 0 Å². The first-order valence-electron chi connectivity index (χ1n) is 6.43. The quantitative estimate of drug-likeness (QED) is 0.686. The molecule has 1 N–H and O–H groups in total. The van der Waals surface area contributed by atoms with Gasteiger partial charge < -0.3 is 5.32 Å². The molecule has 2 aliphatic rings. The molecule has 0 amide bonds. The minimum Gasteiger partial charge on any atom is -0.311 e. The minimum absolute atomic E-state index is 0.723.